The van der Waals surface area contributed by atoms with Crippen molar-refractivity contribution in [2.75, 3.05) is 31.1 Å². The Morgan fingerprint density at radius 2 is 1.61 bits per heavy atom. The molecule has 28 heavy (non-hydrogen) atoms. The zero-order chi connectivity index (χ0) is 19.7. The molecule has 3 aromatic rings. The molecular weight excluding hydrogens is 350 g/mol. The van der Waals surface area contributed by atoms with Gasteiger partial charge in [0.1, 0.15) is 0 Å². The van der Waals surface area contributed by atoms with E-state index in [0.717, 1.165) is 46.5 Å². The standard InChI is InChI=1S/C23H23N3O2/c1-16-15-21(20-5-3-4-6-22(20)24-16)23(28)26-13-11-25(12-14-26)19-9-7-18(8-10-19)17(2)27/h3-10,15H,11-14H2,1-2H3. The molecule has 0 unspecified atom stereocenters. The van der Waals surface area contributed by atoms with Crippen LogP contribution in [0.3, 0.4) is 0 Å². The second-order valence-corrected chi connectivity index (χ2v) is 7.21. The maximum absolute atomic E-state index is 13.2. The normalized spacial score (nSPS) is 14.4. The molecule has 2 aromatic carbocycles. The Morgan fingerprint density at radius 1 is 0.929 bits per heavy atom. The fourth-order valence-corrected chi connectivity index (χ4v) is 3.73. The lowest BCUT2D eigenvalue weighted by Gasteiger charge is -2.36. The summed E-state index contributed by atoms with van der Waals surface area (Å²) in [7, 11) is 0. The first-order valence-corrected chi connectivity index (χ1v) is 9.54. The number of anilines is 1. The van der Waals surface area contributed by atoms with Gasteiger partial charge < -0.3 is 9.80 Å². The van der Waals surface area contributed by atoms with E-state index in [-0.39, 0.29) is 11.7 Å². The quantitative estimate of drug-likeness (QED) is 0.657. The fourth-order valence-electron chi connectivity index (χ4n) is 3.73. The molecule has 1 aliphatic rings. The molecule has 0 saturated carbocycles. The summed E-state index contributed by atoms with van der Waals surface area (Å²) in [6.07, 6.45) is 0. The van der Waals surface area contributed by atoms with Crippen LogP contribution in [0.25, 0.3) is 10.9 Å². The summed E-state index contributed by atoms with van der Waals surface area (Å²) in [6.45, 7) is 6.38. The molecule has 1 fully saturated rings. The Hall–Kier alpha value is -3.21. The SMILES string of the molecule is CC(=O)c1ccc(N2CCN(C(=O)c3cc(C)nc4ccccc34)CC2)cc1. The number of nitrogens with zero attached hydrogens (tertiary/aromatic N) is 3. The first-order chi connectivity index (χ1) is 13.5. The van der Waals surface area contributed by atoms with Crippen LogP contribution in [0.1, 0.15) is 33.3 Å². The van der Waals surface area contributed by atoms with Gasteiger partial charge >= 0.3 is 0 Å². The molecule has 0 spiro atoms. The molecule has 142 valence electrons. The molecule has 1 amide bonds. The topological polar surface area (TPSA) is 53.5 Å². The van der Waals surface area contributed by atoms with Gasteiger partial charge in [-0.05, 0) is 50.2 Å². The number of hydrogen-bond donors (Lipinski definition) is 0. The van der Waals surface area contributed by atoms with Crippen molar-refractivity contribution < 1.29 is 9.59 Å². The number of para-hydroxylation sites is 1. The fraction of sp³-hybridized carbons (Fsp3) is 0.261. The van der Waals surface area contributed by atoms with Crippen molar-refractivity contribution in [1.82, 2.24) is 9.88 Å². The van der Waals surface area contributed by atoms with Gasteiger partial charge in [0, 0.05) is 48.5 Å². The minimum atomic E-state index is 0.0632. The van der Waals surface area contributed by atoms with E-state index in [0.29, 0.717) is 13.1 Å². The van der Waals surface area contributed by atoms with Gasteiger partial charge in [-0.15, -0.1) is 0 Å². The van der Waals surface area contributed by atoms with Gasteiger partial charge in [0.05, 0.1) is 11.1 Å². The van der Waals surface area contributed by atoms with Crippen LogP contribution in [0.4, 0.5) is 5.69 Å². The van der Waals surface area contributed by atoms with Crippen LogP contribution >= 0.6 is 0 Å². The summed E-state index contributed by atoms with van der Waals surface area (Å²) in [5.41, 5.74) is 4.24. The number of piperazine rings is 1. The third kappa shape index (κ3) is 3.48. The second-order valence-electron chi connectivity index (χ2n) is 7.21. The summed E-state index contributed by atoms with van der Waals surface area (Å²) in [5.74, 6) is 0.134. The highest BCUT2D eigenvalue weighted by atomic mass is 16.2. The van der Waals surface area contributed by atoms with Crippen LogP contribution in [0, 0.1) is 6.92 Å². The number of aromatic nitrogens is 1. The molecule has 0 bridgehead atoms. The maximum Gasteiger partial charge on any atom is 0.254 e. The summed E-state index contributed by atoms with van der Waals surface area (Å²) in [6, 6.07) is 17.4. The highest BCUT2D eigenvalue weighted by Gasteiger charge is 2.24. The number of ketones is 1. The second kappa shape index (κ2) is 7.43. The zero-order valence-corrected chi connectivity index (χ0v) is 16.2. The molecule has 5 heteroatoms. The van der Waals surface area contributed by atoms with Gasteiger partial charge in [0.25, 0.3) is 5.91 Å². The van der Waals surface area contributed by atoms with E-state index in [2.05, 4.69) is 9.88 Å². The predicted molar refractivity (Wildman–Crippen MR) is 111 cm³/mol. The minimum Gasteiger partial charge on any atom is -0.368 e. The van der Waals surface area contributed by atoms with Crippen molar-refractivity contribution >= 4 is 28.3 Å². The lowest BCUT2D eigenvalue weighted by molar-refractivity contribution is 0.0748. The maximum atomic E-state index is 13.2. The smallest absolute Gasteiger partial charge is 0.254 e. The lowest BCUT2D eigenvalue weighted by atomic mass is 10.1. The van der Waals surface area contributed by atoms with E-state index >= 15 is 0 Å². The van der Waals surface area contributed by atoms with Gasteiger partial charge in [0.2, 0.25) is 0 Å². The molecule has 0 N–H and O–H groups in total. The average Bonchev–Trinajstić information content (AvgIpc) is 2.73. The molecule has 0 aliphatic carbocycles. The van der Waals surface area contributed by atoms with E-state index in [4.69, 9.17) is 0 Å². The number of carbonyl (C=O) groups is 2. The molecular formula is C23H23N3O2. The average molecular weight is 373 g/mol. The molecule has 1 saturated heterocycles. The third-order valence-electron chi connectivity index (χ3n) is 5.28. The molecule has 5 nitrogen and oxygen atoms in total. The number of amides is 1. The number of carbonyl (C=O) groups excluding carboxylic acids is 2. The molecule has 1 aliphatic heterocycles. The molecule has 0 atom stereocenters. The van der Waals surface area contributed by atoms with Crippen LogP contribution in [-0.4, -0.2) is 47.8 Å². The van der Waals surface area contributed by atoms with Gasteiger partial charge in [-0.2, -0.15) is 0 Å². The number of rotatable bonds is 3. The van der Waals surface area contributed by atoms with Crippen LogP contribution in [-0.2, 0) is 0 Å². The number of Topliss-reactive ketones (excluding diaryl/α,β-unsaturated/α-hetero) is 1. The lowest BCUT2D eigenvalue weighted by Crippen LogP contribution is -2.48. The third-order valence-corrected chi connectivity index (χ3v) is 5.28. The summed E-state index contributed by atoms with van der Waals surface area (Å²) in [5, 5.41) is 0.903. The summed E-state index contributed by atoms with van der Waals surface area (Å²) >= 11 is 0. The molecule has 2 heterocycles. The van der Waals surface area contributed by atoms with Crippen molar-refractivity contribution in [2.24, 2.45) is 0 Å². The largest absolute Gasteiger partial charge is 0.368 e. The Labute approximate surface area is 164 Å². The number of fused-ring (bicyclic) bond motifs is 1. The van der Waals surface area contributed by atoms with E-state index in [9.17, 15) is 9.59 Å². The minimum absolute atomic E-state index is 0.0632. The van der Waals surface area contributed by atoms with Crippen LogP contribution in [0.2, 0.25) is 0 Å². The Balaban J connectivity index is 1.49. The molecule has 0 radical (unpaired) electrons. The predicted octanol–water partition coefficient (Wildman–Crippen LogP) is 3.71. The van der Waals surface area contributed by atoms with Crippen molar-refractivity contribution in [2.45, 2.75) is 13.8 Å². The molecule has 1 aromatic heterocycles. The van der Waals surface area contributed by atoms with Crippen molar-refractivity contribution in [1.29, 1.82) is 0 Å². The number of aryl methyl sites for hydroxylation is 1. The van der Waals surface area contributed by atoms with Crippen LogP contribution in [0.5, 0.6) is 0 Å². The number of benzene rings is 2. The van der Waals surface area contributed by atoms with Crippen molar-refractivity contribution in [3.8, 4) is 0 Å². The number of hydrogen-bond acceptors (Lipinski definition) is 4. The van der Waals surface area contributed by atoms with E-state index in [1.54, 1.807) is 6.92 Å². The first kappa shape index (κ1) is 18.2. The number of pyridine rings is 1. The van der Waals surface area contributed by atoms with Crippen molar-refractivity contribution in [3.63, 3.8) is 0 Å². The van der Waals surface area contributed by atoms with E-state index < -0.39 is 0 Å². The Kier molecular flexibility index (Phi) is 4.82. The highest BCUT2D eigenvalue weighted by molar-refractivity contribution is 6.06. The van der Waals surface area contributed by atoms with Gasteiger partial charge in [-0.25, -0.2) is 0 Å². The van der Waals surface area contributed by atoms with Crippen LogP contribution < -0.4 is 4.90 Å². The summed E-state index contributed by atoms with van der Waals surface area (Å²) in [4.78, 5) is 33.3. The van der Waals surface area contributed by atoms with E-state index in [1.807, 2.05) is 66.4 Å². The highest BCUT2D eigenvalue weighted by Crippen LogP contribution is 2.22. The van der Waals surface area contributed by atoms with Gasteiger partial charge in [-0.1, -0.05) is 18.2 Å². The van der Waals surface area contributed by atoms with E-state index in [1.165, 1.54) is 0 Å². The van der Waals surface area contributed by atoms with Gasteiger partial charge in [-0.3, -0.25) is 14.6 Å². The zero-order valence-electron chi connectivity index (χ0n) is 16.2. The monoisotopic (exact) mass is 373 g/mol. The molecule has 4 rings (SSSR count). The van der Waals surface area contributed by atoms with Crippen molar-refractivity contribution in [3.05, 3.63) is 71.4 Å². The van der Waals surface area contributed by atoms with Gasteiger partial charge in [0.15, 0.2) is 5.78 Å². The Bertz CT molecular complexity index is 1040. The first-order valence-electron chi connectivity index (χ1n) is 9.54. The Morgan fingerprint density at radius 3 is 2.29 bits per heavy atom. The van der Waals surface area contributed by atoms with Crippen LogP contribution in [0.15, 0.2) is 54.6 Å². The summed E-state index contributed by atoms with van der Waals surface area (Å²) < 4.78 is 0.